The molecule has 8 fully saturated rings. The first-order valence-corrected chi connectivity index (χ1v) is 28.8. The lowest BCUT2D eigenvalue weighted by molar-refractivity contribution is -0.385. The van der Waals surface area contributed by atoms with E-state index in [-0.39, 0.29) is 35.5 Å². The normalized spacial score (nSPS) is 51.8. The van der Waals surface area contributed by atoms with Crippen LogP contribution in [0.15, 0.2) is 60.0 Å². The van der Waals surface area contributed by atoms with Gasteiger partial charge in [-0.1, -0.05) is 103 Å². The fraction of sp³-hybridized carbons (Fsp3) is 0.754. The van der Waals surface area contributed by atoms with Gasteiger partial charge < -0.3 is 50.0 Å². The van der Waals surface area contributed by atoms with Crippen molar-refractivity contribution >= 4 is 17.8 Å². The number of aryl methyl sites for hydroxylation is 2. The van der Waals surface area contributed by atoms with Gasteiger partial charge in [0.2, 0.25) is 5.91 Å². The van der Waals surface area contributed by atoms with Crippen LogP contribution in [0.1, 0.15) is 143 Å². The van der Waals surface area contributed by atoms with Crippen molar-refractivity contribution in [3.63, 3.8) is 0 Å². The van der Waals surface area contributed by atoms with Gasteiger partial charge >= 0.3 is 11.9 Å². The van der Waals surface area contributed by atoms with Gasteiger partial charge in [0.05, 0.1) is 23.5 Å². The van der Waals surface area contributed by atoms with Crippen molar-refractivity contribution < 1.29 is 54.1 Å². The SMILES string of the molecule is CCCCCC1CC2CC3C(C)(C)C(OC4OC(C(=O)O)C(O)C(O)C4O)CC45C=CC6=CC17C(=O)NC1C8(C)CC=CC19C1=CC(CC4)C6(C2(C)C17CCC9(C(=O)O)C(COC)C8)C35CCc1c[nH]cc1CC. The molecule has 0 aromatic carbocycles. The van der Waals surface area contributed by atoms with E-state index in [0.29, 0.717) is 32.3 Å². The molecular weight excluding hydrogens is 937 g/mol. The van der Waals surface area contributed by atoms with E-state index in [4.69, 9.17) is 14.2 Å². The molecule has 13 heteroatoms. The Labute approximate surface area is 436 Å². The number of methoxy groups -OCH3 is 1. The summed E-state index contributed by atoms with van der Waals surface area (Å²) >= 11 is 0. The number of aliphatic carboxylic acids is 2. The molecule has 402 valence electrons. The zero-order valence-corrected chi connectivity index (χ0v) is 44.8. The first-order valence-electron chi connectivity index (χ1n) is 28.8. The zero-order chi connectivity index (χ0) is 52.2. The van der Waals surface area contributed by atoms with E-state index in [1.165, 1.54) is 22.3 Å². The molecule has 1 amide bonds. The van der Waals surface area contributed by atoms with E-state index in [1.54, 1.807) is 7.11 Å². The number of carbonyl (C=O) groups excluding carboxylic acids is 1. The van der Waals surface area contributed by atoms with Crippen LogP contribution in [0.2, 0.25) is 0 Å². The second-order valence-electron chi connectivity index (χ2n) is 27.4. The van der Waals surface area contributed by atoms with Crippen molar-refractivity contribution in [3.8, 4) is 0 Å². The average molecular weight is 1020 g/mol. The molecule has 1 aromatic heterocycles. The lowest BCUT2D eigenvalue weighted by Gasteiger charge is -2.90. The van der Waals surface area contributed by atoms with Crippen LogP contribution in [-0.2, 0) is 41.4 Å². The van der Waals surface area contributed by atoms with E-state index in [2.05, 4.69) is 101 Å². The van der Waals surface area contributed by atoms with E-state index < -0.39 is 109 Å². The highest BCUT2D eigenvalue weighted by atomic mass is 16.7. The summed E-state index contributed by atoms with van der Waals surface area (Å²) in [5.41, 5.74) is -1.52. The molecule has 74 heavy (non-hydrogen) atoms. The molecule has 21 atom stereocenters. The molecular formula is C61H82N2O11. The first kappa shape index (κ1) is 49.9. The Bertz CT molecular complexity index is 2710. The van der Waals surface area contributed by atoms with Gasteiger partial charge in [0, 0.05) is 47.7 Å². The first-order chi connectivity index (χ1) is 35.2. The number of aromatic nitrogens is 1. The number of unbranched alkanes of at least 4 members (excludes halogenated alkanes) is 2. The van der Waals surface area contributed by atoms with E-state index in [9.17, 15) is 30.3 Å². The second-order valence-corrected chi connectivity index (χ2v) is 27.4. The Morgan fingerprint density at radius 3 is 2.42 bits per heavy atom. The maximum Gasteiger partial charge on any atom is 0.335 e. The summed E-state index contributed by atoms with van der Waals surface area (Å²) in [6.45, 7) is 14.4. The number of aliphatic hydroxyl groups excluding tert-OH is 3. The highest BCUT2D eigenvalue weighted by molar-refractivity contribution is 5.93. The number of carbonyl (C=O) groups is 3. The van der Waals surface area contributed by atoms with Crippen LogP contribution in [0.25, 0.3) is 0 Å². The van der Waals surface area contributed by atoms with Crippen molar-refractivity contribution in [3.05, 3.63) is 71.1 Å². The van der Waals surface area contributed by atoms with Gasteiger partial charge in [-0.3, -0.25) is 9.59 Å². The predicted molar refractivity (Wildman–Crippen MR) is 274 cm³/mol. The maximum atomic E-state index is 16.9. The molecule has 7 N–H and O–H groups in total. The van der Waals surface area contributed by atoms with Crippen LogP contribution < -0.4 is 5.32 Å². The predicted octanol–water partition coefficient (Wildman–Crippen LogP) is 8.23. The van der Waals surface area contributed by atoms with Crippen molar-refractivity contribution in [1.82, 2.24) is 10.3 Å². The Morgan fingerprint density at radius 2 is 1.69 bits per heavy atom. The van der Waals surface area contributed by atoms with Gasteiger partial charge in [-0.2, -0.15) is 0 Å². The Morgan fingerprint density at radius 1 is 0.905 bits per heavy atom. The Kier molecular flexibility index (Phi) is 10.7. The highest BCUT2D eigenvalue weighted by Crippen LogP contribution is 2.97. The van der Waals surface area contributed by atoms with Crippen LogP contribution in [0.3, 0.4) is 0 Å². The molecule has 10 aliphatic carbocycles. The molecule has 0 radical (unpaired) electrons. The van der Waals surface area contributed by atoms with Gasteiger partial charge in [-0.25, -0.2) is 4.79 Å². The van der Waals surface area contributed by atoms with E-state index >= 15 is 9.59 Å². The topological polar surface area (TPSA) is 208 Å². The number of ether oxygens (including phenoxy) is 3. The number of carboxylic acid groups (broad SMARTS) is 2. The lowest BCUT2D eigenvalue weighted by atomic mass is 9.12. The Balaban J connectivity index is 1.11. The summed E-state index contributed by atoms with van der Waals surface area (Å²) in [5, 5.41) is 59.9. The van der Waals surface area contributed by atoms with Crippen molar-refractivity contribution in [2.45, 2.75) is 187 Å². The molecule has 2 saturated heterocycles. The summed E-state index contributed by atoms with van der Waals surface area (Å²) in [4.78, 5) is 47.9. The quantitative estimate of drug-likeness (QED) is 0.0537. The van der Waals surface area contributed by atoms with Gasteiger partial charge in [0.25, 0.3) is 0 Å². The van der Waals surface area contributed by atoms with Gasteiger partial charge in [0.15, 0.2) is 12.4 Å². The average Bonchev–Trinajstić information content (AvgIpc) is 2.64. The molecule has 3 heterocycles. The van der Waals surface area contributed by atoms with Gasteiger partial charge in [-0.05, 0) is 151 Å². The third kappa shape index (κ3) is 5.12. The minimum atomic E-state index is -1.83. The van der Waals surface area contributed by atoms with Crippen LogP contribution >= 0.6 is 0 Å². The van der Waals surface area contributed by atoms with Gasteiger partial charge in [0.1, 0.15) is 18.3 Å². The van der Waals surface area contributed by atoms with E-state index in [0.717, 1.165) is 77.0 Å². The molecule has 7 bridgehead atoms. The minimum absolute atomic E-state index is 0.00855. The molecule has 3 spiro atoms. The molecule has 13 rings (SSSR count). The molecule has 13 nitrogen and oxygen atoms in total. The summed E-state index contributed by atoms with van der Waals surface area (Å²) in [6, 6.07) is -0.415. The lowest BCUT2D eigenvalue weighted by Crippen LogP contribution is -2.87. The summed E-state index contributed by atoms with van der Waals surface area (Å²) in [6.07, 6.45) is 23.2. The number of rotatable bonds is 14. The van der Waals surface area contributed by atoms with Crippen molar-refractivity contribution in [1.29, 1.82) is 0 Å². The molecule has 6 saturated carbocycles. The van der Waals surface area contributed by atoms with Crippen molar-refractivity contribution in [2.24, 2.45) is 83.7 Å². The third-order valence-electron chi connectivity index (χ3n) is 25.5. The number of carboxylic acids is 2. The third-order valence-corrected chi connectivity index (χ3v) is 25.5. The number of allylic oxidation sites excluding steroid dienone is 5. The number of hydrogen-bond donors (Lipinski definition) is 7. The summed E-state index contributed by atoms with van der Waals surface area (Å²) < 4.78 is 19.1. The number of nitrogens with one attached hydrogen (secondary N) is 2. The fourth-order valence-corrected chi connectivity index (χ4v) is 23.3. The summed E-state index contributed by atoms with van der Waals surface area (Å²) in [7, 11) is 1.71. The molecule has 21 unspecified atom stereocenters. The van der Waals surface area contributed by atoms with Crippen LogP contribution in [0, 0.1) is 83.7 Å². The highest BCUT2D eigenvalue weighted by Gasteiger charge is 2.94. The number of H-pyrrole nitrogens is 1. The molecule has 2 aliphatic heterocycles. The number of hydrogen-bond acceptors (Lipinski definition) is 9. The number of aliphatic hydroxyl groups is 3. The van der Waals surface area contributed by atoms with Crippen LogP contribution in [0.4, 0.5) is 0 Å². The minimum Gasteiger partial charge on any atom is -0.481 e. The van der Waals surface area contributed by atoms with Crippen molar-refractivity contribution in [2.75, 3.05) is 13.7 Å². The standard InChI is InChI=1S/C61H82N2O11/c1-8-10-11-13-35-24-38-26-40-52(3,4)42(73-48-45(66)43(64)44(65)46(74-48)47(67)68)29-55-19-15-36-25-41-57-18-12-17-53(5)27-39(32-72-7)56(57,51(70)71)22-23-59(41)54(38,6)61(36,60(40,55)21-14-34-31-62-30-33(34)9-2)37(16-20-55)28-58(35,59)50(69)63-49(53)57/h12,16,18,20,25,28,30-31,35-36,38-40,42-46,48-49,62,64-66H,8-11,13-15,17,19,21-24,26-27,29,32H2,1-7H3,(H,63,69)(H,67,68)(H,70,71). The van der Waals surface area contributed by atoms with Gasteiger partial charge in [-0.15, -0.1) is 0 Å². The zero-order valence-electron chi connectivity index (χ0n) is 44.8. The van der Waals surface area contributed by atoms with Crippen LogP contribution in [-0.4, -0.2) is 105 Å². The largest absolute Gasteiger partial charge is 0.481 e. The molecule has 12 aliphatic rings. The number of aromatic amines is 1. The molecule has 1 aromatic rings. The summed E-state index contributed by atoms with van der Waals surface area (Å²) in [5.74, 6) is -2.18. The van der Waals surface area contributed by atoms with Crippen LogP contribution in [0.5, 0.6) is 0 Å². The Hall–Kier alpha value is -3.59. The monoisotopic (exact) mass is 1020 g/mol. The second kappa shape index (κ2) is 15.8. The number of amides is 1. The fourth-order valence-electron chi connectivity index (χ4n) is 23.3. The maximum absolute atomic E-state index is 16.9. The van der Waals surface area contributed by atoms with E-state index in [1.807, 2.05) is 0 Å². The smallest absolute Gasteiger partial charge is 0.335 e.